The molecule has 0 saturated carbocycles. The zero-order valence-corrected chi connectivity index (χ0v) is 10.6. The smallest absolute Gasteiger partial charge is 0.276 e. The van der Waals surface area contributed by atoms with E-state index in [0.29, 0.717) is 23.3 Å². The number of thioether (sulfide) groups is 1. The van der Waals surface area contributed by atoms with Gasteiger partial charge in [-0.25, -0.2) is 0 Å². The van der Waals surface area contributed by atoms with Gasteiger partial charge in [-0.3, -0.25) is 0 Å². The lowest BCUT2D eigenvalue weighted by Crippen LogP contribution is -1.99. The third-order valence-electron chi connectivity index (χ3n) is 2.07. The summed E-state index contributed by atoms with van der Waals surface area (Å²) in [6.45, 7) is 2.29. The van der Waals surface area contributed by atoms with Crippen LogP contribution in [0.5, 0.6) is 5.75 Å². The molecule has 0 N–H and O–H groups in total. The number of benzene rings is 1. The molecule has 0 amide bonds. The summed E-state index contributed by atoms with van der Waals surface area (Å²) in [5.74, 6) is 2.03. The first-order chi connectivity index (χ1) is 8.78. The molecule has 2 aromatic rings. The van der Waals surface area contributed by atoms with Gasteiger partial charge in [0, 0.05) is 12.7 Å². The Bertz CT molecular complexity index is 545. The number of rotatable bonds is 5. The zero-order chi connectivity index (χ0) is 12.8. The average molecular weight is 261 g/mol. The quantitative estimate of drug-likeness (QED) is 0.608. The second-order valence-electron chi connectivity index (χ2n) is 3.42. The van der Waals surface area contributed by atoms with Crippen molar-refractivity contribution in [2.45, 2.75) is 12.1 Å². The molecule has 0 atom stereocenters. The minimum Gasteiger partial charge on any atom is -0.493 e. The first-order valence-electron chi connectivity index (χ1n) is 5.34. The van der Waals surface area contributed by atoms with Crippen molar-refractivity contribution in [1.82, 2.24) is 10.2 Å². The third-order valence-corrected chi connectivity index (χ3v) is 2.85. The standard InChI is InChI=1S/C12H11N3O2S/c1-9-14-15-12(17-9)18-7-6-16-11-4-2-10(8-13)3-5-11/h2-5H,6-7H2,1H3. The fourth-order valence-corrected chi connectivity index (χ4v) is 1.87. The molecular weight excluding hydrogens is 250 g/mol. The van der Waals surface area contributed by atoms with E-state index in [4.69, 9.17) is 14.4 Å². The summed E-state index contributed by atoms with van der Waals surface area (Å²) in [6, 6.07) is 9.07. The van der Waals surface area contributed by atoms with E-state index in [1.807, 2.05) is 0 Å². The molecule has 5 nitrogen and oxygen atoms in total. The highest BCUT2D eigenvalue weighted by Gasteiger charge is 2.02. The third kappa shape index (κ3) is 3.50. The largest absolute Gasteiger partial charge is 0.493 e. The molecule has 0 saturated heterocycles. The Labute approximate surface area is 109 Å². The lowest BCUT2D eigenvalue weighted by Gasteiger charge is -2.04. The highest BCUT2D eigenvalue weighted by Crippen LogP contribution is 2.16. The maximum Gasteiger partial charge on any atom is 0.276 e. The zero-order valence-electron chi connectivity index (χ0n) is 9.79. The molecular formula is C12H11N3O2S. The predicted molar refractivity (Wildman–Crippen MR) is 66.4 cm³/mol. The number of hydrogen-bond acceptors (Lipinski definition) is 6. The van der Waals surface area contributed by atoms with Gasteiger partial charge in [0.2, 0.25) is 5.89 Å². The highest BCUT2D eigenvalue weighted by atomic mass is 32.2. The van der Waals surface area contributed by atoms with Gasteiger partial charge in [-0.15, -0.1) is 10.2 Å². The van der Waals surface area contributed by atoms with E-state index >= 15 is 0 Å². The first-order valence-corrected chi connectivity index (χ1v) is 6.32. The van der Waals surface area contributed by atoms with E-state index in [1.165, 1.54) is 11.8 Å². The first kappa shape index (κ1) is 12.5. The van der Waals surface area contributed by atoms with Crippen LogP contribution in [-0.2, 0) is 0 Å². The Morgan fingerprint density at radius 1 is 1.33 bits per heavy atom. The fraction of sp³-hybridized carbons (Fsp3) is 0.250. The molecule has 0 aliphatic rings. The van der Waals surface area contributed by atoms with E-state index in [9.17, 15) is 0 Å². The number of hydrogen-bond donors (Lipinski definition) is 0. The van der Waals surface area contributed by atoms with Crippen molar-refractivity contribution in [1.29, 1.82) is 5.26 Å². The van der Waals surface area contributed by atoms with Crippen LogP contribution in [0.15, 0.2) is 33.9 Å². The van der Waals surface area contributed by atoms with Gasteiger partial charge >= 0.3 is 0 Å². The lowest BCUT2D eigenvalue weighted by atomic mass is 10.2. The summed E-state index contributed by atoms with van der Waals surface area (Å²) in [5, 5.41) is 16.8. The average Bonchev–Trinajstić information content (AvgIpc) is 2.81. The SMILES string of the molecule is Cc1nnc(SCCOc2ccc(C#N)cc2)o1. The summed E-state index contributed by atoms with van der Waals surface area (Å²) in [7, 11) is 0. The molecule has 0 fully saturated rings. The van der Waals surface area contributed by atoms with Crippen LogP contribution >= 0.6 is 11.8 Å². The topological polar surface area (TPSA) is 71.9 Å². The van der Waals surface area contributed by atoms with E-state index in [0.717, 1.165) is 11.5 Å². The van der Waals surface area contributed by atoms with Crippen LogP contribution in [0.3, 0.4) is 0 Å². The predicted octanol–water partition coefficient (Wildman–Crippen LogP) is 2.42. The summed E-state index contributed by atoms with van der Waals surface area (Å²) in [4.78, 5) is 0. The molecule has 92 valence electrons. The van der Waals surface area contributed by atoms with Gasteiger partial charge in [0.1, 0.15) is 5.75 Å². The van der Waals surface area contributed by atoms with E-state index in [2.05, 4.69) is 16.3 Å². The Morgan fingerprint density at radius 3 is 2.72 bits per heavy atom. The van der Waals surface area contributed by atoms with E-state index in [1.54, 1.807) is 31.2 Å². The highest BCUT2D eigenvalue weighted by molar-refractivity contribution is 7.99. The molecule has 0 bridgehead atoms. The van der Waals surface area contributed by atoms with Gasteiger partial charge in [0.25, 0.3) is 5.22 Å². The maximum atomic E-state index is 8.65. The van der Waals surface area contributed by atoms with Crippen LogP contribution in [0.4, 0.5) is 0 Å². The molecule has 0 aliphatic carbocycles. The monoisotopic (exact) mass is 261 g/mol. The van der Waals surface area contributed by atoms with Gasteiger partial charge in [-0.2, -0.15) is 5.26 Å². The number of aryl methyl sites for hydroxylation is 1. The summed E-state index contributed by atoms with van der Waals surface area (Å²) in [6.07, 6.45) is 0. The normalized spacial score (nSPS) is 10.0. The van der Waals surface area contributed by atoms with Crippen molar-refractivity contribution in [3.8, 4) is 11.8 Å². The van der Waals surface area contributed by atoms with Gasteiger partial charge in [0.05, 0.1) is 18.2 Å². The van der Waals surface area contributed by atoms with Crippen molar-refractivity contribution in [3.63, 3.8) is 0 Å². The van der Waals surface area contributed by atoms with Crippen molar-refractivity contribution >= 4 is 11.8 Å². The molecule has 0 aliphatic heterocycles. The Balaban J connectivity index is 1.73. The molecule has 0 radical (unpaired) electrons. The molecule has 1 heterocycles. The summed E-state index contributed by atoms with van der Waals surface area (Å²) >= 11 is 1.45. The minimum atomic E-state index is 0.540. The van der Waals surface area contributed by atoms with Crippen molar-refractivity contribution in [3.05, 3.63) is 35.7 Å². The number of ether oxygens (including phenoxy) is 1. The number of aromatic nitrogens is 2. The van der Waals surface area contributed by atoms with Crippen LogP contribution in [-0.4, -0.2) is 22.6 Å². The van der Waals surface area contributed by atoms with E-state index < -0.39 is 0 Å². The molecule has 1 aromatic carbocycles. The fourth-order valence-electron chi connectivity index (χ4n) is 1.25. The Hall–Kier alpha value is -2.00. The Kier molecular flexibility index (Phi) is 4.20. The van der Waals surface area contributed by atoms with Gasteiger partial charge in [0.15, 0.2) is 0 Å². The second kappa shape index (κ2) is 6.07. The van der Waals surface area contributed by atoms with Crippen LogP contribution in [0.2, 0.25) is 0 Å². The molecule has 18 heavy (non-hydrogen) atoms. The Morgan fingerprint density at radius 2 is 2.11 bits per heavy atom. The van der Waals surface area contributed by atoms with Crippen LogP contribution < -0.4 is 4.74 Å². The summed E-state index contributed by atoms with van der Waals surface area (Å²) in [5.41, 5.74) is 0.623. The lowest BCUT2D eigenvalue weighted by molar-refractivity contribution is 0.343. The molecule has 6 heteroatoms. The maximum absolute atomic E-state index is 8.65. The van der Waals surface area contributed by atoms with Crippen molar-refractivity contribution in [2.75, 3.05) is 12.4 Å². The molecule has 0 spiro atoms. The van der Waals surface area contributed by atoms with Crippen LogP contribution in [0, 0.1) is 18.3 Å². The molecule has 0 unspecified atom stereocenters. The number of nitrogens with zero attached hydrogens (tertiary/aromatic N) is 3. The van der Waals surface area contributed by atoms with Gasteiger partial charge < -0.3 is 9.15 Å². The molecule has 2 rings (SSSR count). The number of nitriles is 1. The molecule has 1 aromatic heterocycles. The van der Waals surface area contributed by atoms with Crippen LogP contribution in [0.1, 0.15) is 11.5 Å². The van der Waals surface area contributed by atoms with Gasteiger partial charge in [-0.1, -0.05) is 11.8 Å². The van der Waals surface area contributed by atoms with Crippen LogP contribution in [0.25, 0.3) is 0 Å². The van der Waals surface area contributed by atoms with Gasteiger partial charge in [-0.05, 0) is 24.3 Å². The summed E-state index contributed by atoms with van der Waals surface area (Å²) < 4.78 is 10.7. The second-order valence-corrected chi connectivity index (χ2v) is 4.47. The van der Waals surface area contributed by atoms with Crippen molar-refractivity contribution in [2.24, 2.45) is 0 Å². The van der Waals surface area contributed by atoms with E-state index in [-0.39, 0.29) is 0 Å². The minimum absolute atomic E-state index is 0.540. The van der Waals surface area contributed by atoms with Crippen molar-refractivity contribution < 1.29 is 9.15 Å².